The van der Waals surface area contributed by atoms with Crippen molar-refractivity contribution >= 4 is 29.2 Å². The fourth-order valence-corrected chi connectivity index (χ4v) is 2.61. The molecule has 0 radical (unpaired) electrons. The van der Waals surface area contributed by atoms with Crippen LogP contribution in [0, 0.1) is 0 Å². The van der Waals surface area contributed by atoms with Crippen molar-refractivity contribution < 1.29 is 14.3 Å². The third kappa shape index (κ3) is 5.18. The van der Waals surface area contributed by atoms with Crippen molar-refractivity contribution in [2.75, 3.05) is 26.2 Å². The highest BCUT2D eigenvalue weighted by molar-refractivity contribution is 6.30. The van der Waals surface area contributed by atoms with Crippen LogP contribution in [0.5, 0.6) is 11.5 Å². The molecule has 0 bridgehead atoms. The van der Waals surface area contributed by atoms with Gasteiger partial charge >= 0.3 is 6.03 Å². The molecule has 2 aromatic carbocycles. The number of likely N-dealkylation sites (tertiary alicyclic amines) is 1. The smallest absolute Gasteiger partial charge is 0.317 e. The lowest BCUT2D eigenvalue weighted by Gasteiger charge is -2.38. The van der Waals surface area contributed by atoms with Crippen molar-refractivity contribution in [3.05, 3.63) is 58.6 Å². The highest BCUT2D eigenvalue weighted by atomic mass is 35.5. The highest BCUT2D eigenvalue weighted by Gasteiger charge is 2.32. The lowest BCUT2D eigenvalue weighted by atomic mass is 10.2. The molecule has 5 nitrogen and oxygen atoms in total. The maximum absolute atomic E-state index is 12.0. The number of hydrogen-bond donors (Lipinski definition) is 1. The number of nitrogens with one attached hydrogen (secondary N) is 1. The van der Waals surface area contributed by atoms with Crippen molar-refractivity contribution in [1.82, 2.24) is 10.2 Å². The standard InChI is InChI=1S/C18H18Cl2N2O3/c19-13-1-5-15(6-2-13)24-10-9-21-18(23)22-11-17(12-22)25-16-7-3-14(20)4-8-16/h1-8,17H,9-12H2,(H,21,23). The van der Waals surface area contributed by atoms with Gasteiger partial charge in [0, 0.05) is 10.0 Å². The van der Waals surface area contributed by atoms with Crippen LogP contribution < -0.4 is 14.8 Å². The summed E-state index contributed by atoms with van der Waals surface area (Å²) in [5.74, 6) is 1.48. The van der Waals surface area contributed by atoms with E-state index in [1.54, 1.807) is 41.3 Å². The van der Waals surface area contributed by atoms with E-state index in [9.17, 15) is 4.79 Å². The molecule has 0 unspecified atom stereocenters. The van der Waals surface area contributed by atoms with Gasteiger partial charge in [-0.1, -0.05) is 23.2 Å². The predicted octanol–water partition coefficient (Wildman–Crippen LogP) is 3.85. The molecule has 2 aromatic rings. The Morgan fingerprint density at radius 2 is 1.56 bits per heavy atom. The summed E-state index contributed by atoms with van der Waals surface area (Å²) in [6.45, 7) is 1.95. The van der Waals surface area contributed by atoms with Crippen LogP contribution in [0.1, 0.15) is 0 Å². The molecule has 0 atom stereocenters. The first-order chi connectivity index (χ1) is 12.1. The van der Waals surface area contributed by atoms with Crippen LogP contribution in [0.15, 0.2) is 48.5 Å². The van der Waals surface area contributed by atoms with Gasteiger partial charge in [0.2, 0.25) is 0 Å². The van der Waals surface area contributed by atoms with Gasteiger partial charge in [0.1, 0.15) is 24.2 Å². The van der Waals surface area contributed by atoms with Crippen LogP contribution in [0.2, 0.25) is 10.0 Å². The molecule has 1 saturated heterocycles. The fraction of sp³-hybridized carbons (Fsp3) is 0.278. The number of nitrogens with zero attached hydrogens (tertiary/aromatic N) is 1. The van der Waals surface area contributed by atoms with Crippen molar-refractivity contribution in [3.8, 4) is 11.5 Å². The first-order valence-corrected chi connectivity index (χ1v) is 8.69. The third-order valence-electron chi connectivity index (χ3n) is 3.71. The largest absolute Gasteiger partial charge is 0.492 e. The number of carbonyl (C=O) groups is 1. The maximum Gasteiger partial charge on any atom is 0.317 e. The molecule has 1 aliphatic rings. The Bertz CT molecular complexity index is 701. The number of benzene rings is 2. The molecule has 0 saturated carbocycles. The topological polar surface area (TPSA) is 50.8 Å². The van der Waals surface area contributed by atoms with E-state index >= 15 is 0 Å². The minimum atomic E-state index is -0.115. The zero-order valence-corrected chi connectivity index (χ0v) is 15.0. The van der Waals surface area contributed by atoms with Gasteiger partial charge in [-0.25, -0.2) is 4.79 Å². The van der Waals surface area contributed by atoms with E-state index in [-0.39, 0.29) is 12.1 Å². The predicted molar refractivity (Wildman–Crippen MR) is 97.8 cm³/mol. The number of carbonyl (C=O) groups excluding carboxylic acids is 1. The quantitative estimate of drug-likeness (QED) is 0.774. The Morgan fingerprint density at radius 1 is 1.00 bits per heavy atom. The Hall–Kier alpha value is -2.11. The Labute approximate surface area is 156 Å². The summed E-state index contributed by atoms with van der Waals surface area (Å²) in [6.07, 6.45) is 0.0113. The second kappa shape index (κ2) is 8.32. The summed E-state index contributed by atoms with van der Waals surface area (Å²) in [7, 11) is 0. The van der Waals surface area contributed by atoms with Crippen LogP contribution in [0.4, 0.5) is 4.79 Å². The summed E-state index contributed by atoms with van der Waals surface area (Å²) < 4.78 is 11.3. The van der Waals surface area contributed by atoms with E-state index in [0.29, 0.717) is 36.3 Å². The molecule has 1 fully saturated rings. The average molecular weight is 381 g/mol. The average Bonchev–Trinajstić information content (AvgIpc) is 2.57. The van der Waals surface area contributed by atoms with Crippen LogP contribution in [-0.4, -0.2) is 43.3 Å². The van der Waals surface area contributed by atoms with E-state index < -0.39 is 0 Å². The Balaban J connectivity index is 1.31. The van der Waals surface area contributed by atoms with Crippen molar-refractivity contribution in [3.63, 3.8) is 0 Å². The van der Waals surface area contributed by atoms with Crippen LogP contribution in [-0.2, 0) is 0 Å². The molecule has 1 N–H and O–H groups in total. The molecule has 132 valence electrons. The van der Waals surface area contributed by atoms with Crippen LogP contribution in [0.3, 0.4) is 0 Å². The van der Waals surface area contributed by atoms with Crippen molar-refractivity contribution in [2.45, 2.75) is 6.10 Å². The molecule has 0 aliphatic carbocycles. The van der Waals surface area contributed by atoms with E-state index in [4.69, 9.17) is 32.7 Å². The highest BCUT2D eigenvalue weighted by Crippen LogP contribution is 2.20. The third-order valence-corrected chi connectivity index (χ3v) is 4.22. The molecule has 25 heavy (non-hydrogen) atoms. The van der Waals surface area contributed by atoms with Crippen molar-refractivity contribution in [1.29, 1.82) is 0 Å². The van der Waals surface area contributed by atoms with Gasteiger partial charge in [-0.2, -0.15) is 0 Å². The first kappa shape index (κ1) is 17.7. The van der Waals surface area contributed by atoms with Crippen LogP contribution in [0.25, 0.3) is 0 Å². The van der Waals surface area contributed by atoms with Gasteiger partial charge in [-0.15, -0.1) is 0 Å². The lowest BCUT2D eigenvalue weighted by molar-refractivity contribution is 0.0442. The summed E-state index contributed by atoms with van der Waals surface area (Å²) in [5, 5.41) is 4.15. The van der Waals surface area contributed by atoms with E-state index in [1.165, 1.54) is 0 Å². The summed E-state index contributed by atoms with van der Waals surface area (Å²) in [5.41, 5.74) is 0. The summed E-state index contributed by atoms with van der Waals surface area (Å²) >= 11 is 11.6. The van der Waals surface area contributed by atoms with Gasteiger partial charge in [0.25, 0.3) is 0 Å². The van der Waals surface area contributed by atoms with Gasteiger partial charge in [0.15, 0.2) is 0 Å². The van der Waals surface area contributed by atoms with Gasteiger partial charge in [-0.3, -0.25) is 0 Å². The molecule has 3 rings (SSSR count). The van der Waals surface area contributed by atoms with E-state index in [0.717, 1.165) is 11.5 Å². The SMILES string of the molecule is O=C(NCCOc1ccc(Cl)cc1)N1CC(Oc2ccc(Cl)cc2)C1. The number of amides is 2. The molecule has 1 heterocycles. The number of hydrogen-bond acceptors (Lipinski definition) is 3. The number of rotatable bonds is 6. The summed E-state index contributed by atoms with van der Waals surface area (Å²) in [6, 6.07) is 14.2. The number of ether oxygens (including phenoxy) is 2. The Kier molecular flexibility index (Phi) is 5.89. The van der Waals surface area contributed by atoms with E-state index in [1.807, 2.05) is 12.1 Å². The zero-order chi connectivity index (χ0) is 17.6. The number of halogens is 2. The van der Waals surface area contributed by atoms with Gasteiger partial charge in [-0.05, 0) is 48.5 Å². The van der Waals surface area contributed by atoms with Crippen molar-refractivity contribution in [2.24, 2.45) is 0 Å². The van der Waals surface area contributed by atoms with Gasteiger partial charge < -0.3 is 19.7 Å². The molecule has 7 heteroatoms. The monoisotopic (exact) mass is 380 g/mol. The van der Waals surface area contributed by atoms with Gasteiger partial charge in [0.05, 0.1) is 19.6 Å². The second-order valence-corrected chi connectivity index (χ2v) is 6.51. The molecule has 0 aromatic heterocycles. The Morgan fingerprint density at radius 3 is 2.16 bits per heavy atom. The normalized spacial score (nSPS) is 13.9. The molecule has 2 amide bonds. The zero-order valence-electron chi connectivity index (χ0n) is 13.5. The fourth-order valence-electron chi connectivity index (χ4n) is 2.35. The molecular weight excluding hydrogens is 363 g/mol. The first-order valence-electron chi connectivity index (χ1n) is 7.93. The minimum absolute atomic E-state index is 0.0113. The molecular formula is C18H18Cl2N2O3. The second-order valence-electron chi connectivity index (χ2n) is 5.63. The summed E-state index contributed by atoms with van der Waals surface area (Å²) in [4.78, 5) is 13.7. The van der Waals surface area contributed by atoms with E-state index in [2.05, 4.69) is 5.32 Å². The molecule has 1 aliphatic heterocycles. The lowest BCUT2D eigenvalue weighted by Crippen LogP contribution is -2.59. The molecule has 0 spiro atoms. The number of urea groups is 1. The maximum atomic E-state index is 12.0. The van der Waals surface area contributed by atoms with Crippen LogP contribution >= 0.6 is 23.2 Å². The minimum Gasteiger partial charge on any atom is -0.492 e.